The Labute approximate surface area is 101 Å². The zero-order chi connectivity index (χ0) is 11.4. The lowest BCUT2D eigenvalue weighted by Crippen LogP contribution is -2.31. The van der Waals surface area contributed by atoms with Gasteiger partial charge in [0.2, 0.25) is 0 Å². The fourth-order valence-electron chi connectivity index (χ4n) is 2.30. The van der Waals surface area contributed by atoms with Gasteiger partial charge in [-0.05, 0) is 42.5 Å². The summed E-state index contributed by atoms with van der Waals surface area (Å²) in [4.78, 5) is 0. The molecule has 1 aliphatic carbocycles. The van der Waals surface area contributed by atoms with Crippen molar-refractivity contribution >= 4 is 11.6 Å². The number of rotatable bonds is 5. The first-order valence-electron chi connectivity index (χ1n) is 5.88. The zero-order valence-electron chi connectivity index (χ0n) is 9.29. The average molecular weight is 244 g/mol. The first-order chi connectivity index (χ1) is 7.75. The van der Waals surface area contributed by atoms with Crippen LogP contribution in [0.1, 0.15) is 31.4 Å². The Kier molecular flexibility index (Phi) is 4.27. The van der Waals surface area contributed by atoms with Crippen LogP contribution in [0.15, 0.2) is 16.5 Å². The van der Waals surface area contributed by atoms with E-state index in [1.165, 1.54) is 12.8 Å². The quantitative estimate of drug-likeness (QED) is 0.836. The molecule has 0 spiro atoms. The molecule has 1 heterocycles. The largest absolute Gasteiger partial charge is 0.448 e. The van der Waals surface area contributed by atoms with Crippen LogP contribution in [0.2, 0.25) is 5.22 Å². The molecule has 1 aromatic heterocycles. The molecule has 0 bridgehead atoms. The second-order valence-corrected chi connectivity index (χ2v) is 4.82. The standard InChI is InChI=1S/C12H18ClNO2/c13-12-6-5-10(16-12)7-14-8-11(15)9-3-1-2-4-9/h5-6,9,11,14-15H,1-4,7-8H2. The predicted octanol–water partition coefficient (Wildman–Crippen LogP) is 2.57. The van der Waals surface area contributed by atoms with E-state index in [1.54, 1.807) is 6.07 Å². The summed E-state index contributed by atoms with van der Waals surface area (Å²) in [6, 6.07) is 3.57. The number of nitrogens with one attached hydrogen (secondary N) is 1. The molecule has 1 unspecified atom stereocenters. The lowest BCUT2D eigenvalue weighted by atomic mass is 10.0. The Balaban J connectivity index is 1.67. The van der Waals surface area contributed by atoms with Crippen LogP contribution in [0.5, 0.6) is 0 Å². The van der Waals surface area contributed by atoms with Gasteiger partial charge in [-0.25, -0.2) is 0 Å². The van der Waals surface area contributed by atoms with E-state index in [1.807, 2.05) is 6.07 Å². The second-order valence-electron chi connectivity index (χ2n) is 4.45. The molecule has 3 nitrogen and oxygen atoms in total. The maximum atomic E-state index is 9.91. The van der Waals surface area contributed by atoms with E-state index in [0.717, 1.165) is 18.6 Å². The van der Waals surface area contributed by atoms with E-state index in [9.17, 15) is 5.11 Å². The van der Waals surface area contributed by atoms with Crippen LogP contribution in [0.4, 0.5) is 0 Å². The van der Waals surface area contributed by atoms with E-state index in [-0.39, 0.29) is 6.10 Å². The fraction of sp³-hybridized carbons (Fsp3) is 0.667. The zero-order valence-corrected chi connectivity index (χ0v) is 10.0. The fourth-order valence-corrected chi connectivity index (χ4v) is 2.46. The molecule has 1 aliphatic rings. The molecule has 90 valence electrons. The van der Waals surface area contributed by atoms with Gasteiger partial charge in [0.1, 0.15) is 5.76 Å². The number of furan rings is 1. The summed E-state index contributed by atoms with van der Waals surface area (Å²) in [5, 5.41) is 13.5. The van der Waals surface area contributed by atoms with Crippen LogP contribution in [0.3, 0.4) is 0 Å². The molecule has 1 fully saturated rings. The van der Waals surface area contributed by atoms with Crippen molar-refractivity contribution in [1.82, 2.24) is 5.32 Å². The molecular formula is C12H18ClNO2. The highest BCUT2D eigenvalue weighted by Gasteiger charge is 2.22. The summed E-state index contributed by atoms with van der Waals surface area (Å²) in [7, 11) is 0. The molecule has 1 atom stereocenters. The number of halogens is 1. The molecule has 2 N–H and O–H groups in total. The first kappa shape index (κ1) is 12.0. The molecule has 0 amide bonds. The number of aliphatic hydroxyl groups excluding tert-OH is 1. The van der Waals surface area contributed by atoms with Crippen LogP contribution in [-0.4, -0.2) is 17.8 Å². The molecule has 0 aliphatic heterocycles. The Morgan fingerprint density at radius 3 is 2.81 bits per heavy atom. The van der Waals surface area contributed by atoms with Gasteiger partial charge in [0, 0.05) is 6.54 Å². The minimum absolute atomic E-state index is 0.229. The normalized spacial score (nSPS) is 19.1. The molecule has 0 saturated heterocycles. The molecule has 2 rings (SSSR count). The summed E-state index contributed by atoms with van der Waals surface area (Å²) >= 11 is 5.66. The van der Waals surface area contributed by atoms with E-state index in [4.69, 9.17) is 16.0 Å². The molecular weight excluding hydrogens is 226 g/mol. The minimum Gasteiger partial charge on any atom is -0.448 e. The van der Waals surface area contributed by atoms with Gasteiger partial charge in [-0.15, -0.1) is 0 Å². The van der Waals surface area contributed by atoms with Gasteiger partial charge < -0.3 is 14.8 Å². The molecule has 4 heteroatoms. The van der Waals surface area contributed by atoms with Crippen LogP contribution >= 0.6 is 11.6 Å². The topological polar surface area (TPSA) is 45.4 Å². The van der Waals surface area contributed by atoms with Crippen LogP contribution < -0.4 is 5.32 Å². The monoisotopic (exact) mass is 243 g/mol. The summed E-state index contributed by atoms with van der Waals surface area (Å²) < 4.78 is 5.21. The van der Waals surface area contributed by atoms with Crippen molar-refractivity contribution in [3.05, 3.63) is 23.1 Å². The second kappa shape index (κ2) is 5.71. The lowest BCUT2D eigenvalue weighted by Gasteiger charge is -2.17. The summed E-state index contributed by atoms with van der Waals surface area (Å²) in [6.45, 7) is 1.25. The Hall–Kier alpha value is -0.510. The molecule has 1 aromatic rings. The number of hydrogen-bond acceptors (Lipinski definition) is 3. The third-order valence-electron chi connectivity index (χ3n) is 3.23. The van der Waals surface area contributed by atoms with E-state index in [2.05, 4.69) is 5.32 Å². The SMILES string of the molecule is OC(CNCc1ccc(Cl)o1)C1CCCC1. The first-order valence-corrected chi connectivity index (χ1v) is 6.26. The van der Waals surface area contributed by atoms with E-state index >= 15 is 0 Å². The van der Waals surface area contributed by atoms with Gasteiger partial charge in [0.25, 0.3) is 0 Å². The van der Waals surface area contributed by atoms with E-state index < -0.39 is 0 Å². The Bertz CT molecular complexity index is 321. The number of hydrogen-bond donors (Lipinski definition) is 2. The van der Waals surface area contributed by atoms with Gasteiger partial charge in [-0.1, -0.05) is 12.8 Å². The third-order valence-corrected chi connectivity index (χ3v) is 3.43. The van der Waals surface area contributed by atoms with Crippen molar-refractivity contribution < 1.29 is 9.52 Å². The van der Waals surface area contributed by atoms with Crippen molar-refractivity contribution in [2.75, 3.05) is 6.54 Å². The van der Waals surface area contributed by atoms with Crippen molar-refractivity contribution in [2.45, 2.75) is 38.3 Å². The van der Waals surface area contributed by atoms with Gasteiger partial charge in [-0.3, -0.25) is 0 Å². The smallest absolute Gasteiger partial charge is 0.193 e. The Morgan fingerprint density at radius 2 is 2.19 bits per heavy atom. The number of aliphatic hydroxyl groups is 1. The predicted molar refractivity (Wildman–Crippen MR) is 63.4 cm³/mol. The maximum Gasteiger partial charge on any atom is 0.193 e. The van der Waals surface area contributed by atoms with Crippen molar-refractivity contribution in [2.24, 2.45) is 5.92 Å². The highest BCUT2D eigenvalue weighted by atomic mass is 35.5. The van der Waals surface area contributed by atoms with Crippen LogP contribution in [0, 0.1) is 5.92 Å². The highest BCUT2D eigenvalue weighted by molar-refractivity contribution is 6.28. The van der Waals surface area contributed by atoms with Crippen molar-refractivity contribution in [3.8, 4) is 0 Å². The van der Waals surface area contributed by atoms with E-state index in [0.29, 0.717) is 24.2 Å². The molecule has 16 heavy (non-hydrogen) atoms. The van der Waals surface area contributed by atoms with Crippen LogP contribution in [-0.2, 0) is 6.54 Å². The van der Waals surface area contributed by atoms with Gasteiger partial charge in [-0.2, -0.15) is 0 Å². The average Bonchev–Trinajstić information content (AvgIpc) is 2.89. The Morgan fingerprint density at radius 1 is 1.44 bits per heavy atom. The minimum atomic E-state index is -0.229. The summed E-state index contributed by atoms with van der Waals surface area (Å²) in [5.41, 5.74) is 0. The third kappa shape index (κ3) is 3.24. The van der Waals surface area contributed by atoms with Crippen molar-refractivity contribution in [1.29, 1.82) is 0 Å². The molecule has 0 radical (unpaired) electrons. The molecule has 0 aromatic carbocycles. The van der Waals surface area contributed by atoms with Crippen molar-refractivity contribution in [3.63, 3.8) is 0 Å². The lowest BCUT2D eigenvalue weighted by molar-refractivity contribution is 0.108. The van der Waals surface area contributed by atoms with Gasteiger partial charge >= 0.3 is 0 Å². The summed E-state index contributed by atoms with van der Waals surface area (Å²) in [6.07, 6.45) is 4.61. The van der Waals surface area contributed by atoms with Gasteiger partial charge in [0.05, 0.1) is 12.6 Å². The summed E-state index contributed by atoms with van der Waals surface area (Å²) in [5.74, 6) is 1.29. The highest BCUT2D eigenvalue weighted by Crippen LogP contribution is 2.27. The van der Waals surface area contributed by atoms with Gasteiger partial charge in [0.15, 0.2) is 5.22 Å². The molecule has 1 saturated carbocycles. The maximum absolute atomic E-state index is 9.91. The van der Waals surface area contributed by atoms with Crippen LogP contribution in [0.25, 0.3) is 0 Å².